The van der Waals surface area contributed by atoms with E-state index in [1.165, 1.54) is 0 Å². The molecule has 2 N–H and O–H groups in total. The predicted molar refractivity (Wildman–Crippen MR) is 59.2 cm³/mol. The molecular weight excluding hydrogens is 268 g/mol. The summed E-state index contributed by atoms with van der Waals surface area (Å²) in [5.74, 6) is -4.33. The van der Waals surface area contributed by atoms with Gasteiger partial charge in [-0.3, -0.25) is 4.79 Å². The number of carbonyl (C=O) groups is 1. The Morgan fingerprint density at radius 2 is 1.89 bits per heavy atom. The maximum Gasteiger partial charge on any atom is 0.321 e. The number of benzene rings is 1. The van der Waals surface area contributed by atoms with Crippen LogP contribution >= 0.6 is 0 Å². The van der Waals surface area contributed by atoms with Crippen molar-refractivity contribution in [3.8, 4) is 0 Å². The zero-order chi connectivity index (χ0) is 13.9. The Morgan fingerprint density at radius 1 is 1.39 bits per heavy atom. The zero-order valence-corrected chi connectivity index (χ0v) is 10.2. The number of aliphatic carboxylic acids is 1. The highest BCUT2D eigenvalue weighted by atomic mass is 32.2. The van der Waals surface area contributed by atoms with Crippen molar-refractivity contribution >= 4 is 16.0 Å². The maximum atomic E-state index is 13.2. The lowest BCUT2D eigenvalue weighted by molar-refractivity contribution is -0.138. The van der Waals surface area contributed by atoms with Gasteiger partial charge >= 0.3 is 5.97 Å². The van der Waals surface area contributed by atoms with E-state index in [1.807, 2.05) is 0 Å². The second-order valence-corrected chi connectivity index (χ2v) is 5.39. The number of rotatable bonds is 5. The number of hydrogen-bond donors (Lipinski definition) is 2. The van der Waals surface area contributed by atoms with Crippen molar-refractivity contribution in [2.24, 2.45) is 0 Å². The predicted octanol–water partition coefficient (Wildman–Crippen LogP) is 0.857. The van der Waals surface area contributed by atoms with E-state index in [4.69, 9.17) is 5.11 Å². The molecule has 8 heteroatoms. The van der Waals surface area contributed by atoms with Gasteiger partial charge in [0.1, 0.15) is 17.7 Å². The van der Waals surface area contributed by atoms with Crippen molar-refractivity contribution in [2.45, 2.75) is 18.7 Å². The van der Waals surface area contributed by atoms with E-state index in [1.54, 1.807) is 4.72 Å². The molecule has 1 aromatic carbocycles. The van der Waals surface area contributed by atoms with Gasteiger partial charge in [0.15, 0.2) is 0 Å². The molecule has 0 unspecified atom stereocenters. The smallest absolute Gasteiger partial charge is 0.321 e. The molecule has 0 saturated heterocycles. The zero-order valence-electron chi connectivity index (χ0n) is 9.35. The van der Waals surface area contributed by atoms with Crippen molar-refractivity contribution < 1.29 is 27.1 Å². The van der Waals surface area contributed by atoms with Crippen LogP contribution in [0.5, 0.6) is 0 Å². The maximum absolute atomic E-state index is 13.2. The Kier molecular flexibility index (Phi) is 4.36. The average Bonchev–Trinajstić information content (AvgIpc) is 2.23. The van der Waals surface area contributed by atoms with Gasteiger partial charge in [-0.25, -0.2) is 21.9 Å². The third kappa shape index (κ3) is 3.74. The molecular formula is C10H11F2NO4S. The quantitative estimate of drug-likeness (QED) is 0.837. The standard InChI is InChI=1S/C10H11F2NO4S/c1-6(10(14)15)13-18(16,17)5-7-8(11)3-2-4-9(7)12/h2-4,6,13H,5H2,1H3,(H,14,15)/t6-/m1/s1. The third-order valence-corrected chi connectivity index (χ3v) is 3.50. The topological polar surface area (TPSA) is 83.5 Å². The molecule has 0 aliphatic carbocycles. The van der Waals surface area contributed by atoms with Crippen LogP contribution in [0.15, 0.2) is 18.2 Å². The molecule has 0 aromatic heterocycles. The van der Waals surface area contributed by atoms with Crippen LogP contribution in [-0.2, 0) is 20.6 Å². The van der Waals surface area contributed by atoms with Crippen LogP contribution in [0.25, 0.3) is 0 Å². The van der Waals surface area contributed by atoms with Gasteiger partial charge in [-0.05, 0) is 19.1 Å². The summed E-state index contributed by atoms with van der Waals surface area (Å²) in [6, 6.07) is 1.59. The van der Waals surface area contributed by atoms with Crippen LogP contribution < -0.4 is 4.72 Å². The van der Waals surface area contributed by atoms with E-state index in [-0.39, 0.29) is 0 Å². The summed E-state index contributed by atoms with van der Waals surface area (Å²) in [6.45, 7) is 1.11. The van der Waals surface area contributed by atoms with Crippen molar-refractivity contribution in [1.82, 2.24) is 4.72 Å². The molecule has 1 atom stereocenters. The molecule has 0 spiro atoms. The summed E-state index contributed by atoms with van der Waals surface area (Å²) in [5.41, 5.74) is -0.623. The first kappa shape index (κ1) is 14.5. The molecule has 0 radical (unpaired) electrons. The molecule has 0 fully saturated rings. The molecule has 0 aliphatic heterocycles. The van der Waals surface area contributed by atoms with Crippen molar-refractivity contribution in [3.63, 3.8) is 0 Å². The summed E-state index contributed by atoms with van der Waals surface area (Å²) in [5, 5.41) is 8.55. The number of carboxylic acids is 1. The lowest BCUT2D eigenvalue weighted by atomic mass is 10.2. The van der Waals surface area contributed by atoms with Crippen LogP contribution in [0.2, 0.25) is 0 Å². The van der Waals surface area contributed by atoms with Gasteiger partial charge in [-0.2, -0.15) is 0 Å². The van der Waals surface area contributed by atoms with Gasteiger partial charge in [0.2, 0.25) is 10.0 Å². The van der Waals surface area contributed by atoms with Crippen LogP contribution in [0.4, 0.5) is 8.78 Å². The number of sulfonamides is 1. The number of nitrogens with one attached hydrogen (secondary N) is 1. The molecule has 100 valence electrons. The highest BCUT2D eigenvalue weighted by Crippen LogP contribution is 2.15. The molecule has 18 heavy (non-hydrogen) atoms. The fourth-order valence-corrected chi connectivity index (χ4v) is 2.60. The van der Waals surface area contributed by atoms with E-state index in [0.29, 0.717) is 0 Å². The Balaban J connectivity index is 2.93. The Morgan fingerprint density at radius 3 is 2.33 bits per heavy atom. The van der Waals surface area contributed by atoms with E-state index >= 15 is 0 Å². The minimum absolute atomic E-state index is 0.623. The highest BCUT2D eigenvalue weighted by molar-refractivity contribution is 7.88. The van der Waals surface area contributed by atoms with Crippen LogP contribution in [-0.4, -0.2) is 25.5 Å². The Hall–Kier alpha value is -1.54. The average molecular weight is 279 g/mol. The largest absolute Gasteiger partial charge is 0.480 e. The second kappa shape index (κ2) is 5.40. The normalized spacial score (nSPS) is 13.3. The Bertz CT molecular complexity index is 539. The number of halogens is 2. The van der Waals surface area contributed by atoms with Crippen molar-refractivity contribution in [1.29, 1.82) is 0 Å². The molecule has 0 heterocycles. The monoisotopic (exact) mass is 279 g/mol. The van der Waals surface area contributed by atoms with Gasteiger partial charge in [0, 0.05) is 5.56 Å². The second-order valence-electron chi connectivity index (χ2n) is 3.64. The minimum atomic E-state index is -4.13. The fraction of sp³-hybridized carbons (Fsp3) is 0.300. The third-order valence-electron chi connectivity index (χ3n) is 2.12. The summed E-state index contributed by atoms with van der Waals surface area (Å²) >= 11 is 0. The van der Waals surface area contributed by atoms with Crippen molar-refractivity contribution in [2.75, 3.05) is 0 Å². The van der Waals surface area contributed by atoms with Gasteiger partial charge < -0.3 is 5.11 Å². The van der Waals surface area contributed by atoms with Gasteiger partial charge in [-0.15, -0.1) is 0 Å². The van der Waals surface area contributed by atoms with E-state index in [9.17, 15) is 22.0 Å². The molecule has 5 nitrogen and oxygen atoms in total. The molecule has 1 rings (SSSR count). The van der Waals surface area contributed by atoms with Crippen LogP contribution in [0.3, 0.4) is 0 Å². The number of carboxylic acid groups (broad SMARTS) is 1. The first-order valence-corrected chi connectivity index (χ1v) is 6.54. The molecule has 0 saturated carbocycles. The first-order valence-electron chi connectivity index (χ1n) is 4.88. The fourth-order valence-electron chi connectivity index (χ4n) is 1.22. The lowest BCUT2D eigenvalue weighted by Gasteiger charge is -2.11. The molecule has 1 aromatic rings. The molecule has 0 aliphatic rings. The number of hydrogen-bond acceptors (Lipinski definition) is 3. The molecule has 0 amide bonds. The van der Waals surface area contributed by atoms with Crippen molar-refractivity contribution in [3.05, 3.63) is 35.4 Å². The Labute approximate surface area is 102 Å². The summed E-state index contributed by atoms with van der Waals surface area (Å²) in [4.78, 5) is 10.5. The van der Waals surface area contributed by atoms with E-state index in [2.05, 4.69) is 0 Å². The minimum Gasteiger partial charge on any atom is -0.480 e. The van der Waals surface area contributed by atoms with Gasteiger partial charge in [0.05, 0.1) is 5.75 Å². The van der Waals surface area contributed by atoms with Crippen LogP contribution in [0, 0.1) is 11.6 Å². The van der Waals surface area contributed by atoms with E-state index in [0.717, 1.165) is 25.1 Å². The summed E-state index contributed by atoms with van der Waals surface area (Å²) in [7, 11) is -4.13. The summed E-state index contributed by atoms with van der Waals surface area (Å²) < 4.78 is 51.3. The lowest BCUT2D eigenvalue weighted by Crippen LogP contribution is -2.39. The van der Waals surface area contributed by atoms with E-state index < -0.39 is 45.0 Å². The van der Waals surface area contributed by atoms with Gasteiger partial charge in [-0.1, -0.05) is 6.07 Å². The SMILES string of the molecule is C[C@@H](NS(=O)(=O)Cc1c(F)cccc1F)C(=O)O. The highest BCUT2D eigenvalue weighted by Gasteiger charge is 2.22. The van der Waals surface area contributed by atoms with Gasteiger partial charge in [0.25, 0.3) is 0 Å². The molecule has 0 bridgehead atoms. The summed E-state index contributed by atoms with van der Waals surface area (Å²) in [6.07, 6.45) is 0. The first-order chi connectivity index (χ1) is 8.23. The van der Waals surface area contributed by atoms with Crippen LogP contribution in [0.1, 0.15) is 12.5 Å².